The molecule has 34 heavy (non-hydrogen) atoms. The van der Waals surface area contributed by atoms with Crippen LogP contribution in [0.15, 0.2) is 29.2 Å². The Morgan fingerprint density at radius 1 is 1.35 bits per heavy atom. The number of amides is 2. The minimum Gasteiger partial charge on any atom is -0.330 e. The molecule has 11 heteroatoms. The van der Waals surface area contributed by atoms with E-state index in [1.165, 1.54) is 5.06 Å². The van der Waals surface area contributed by atoms with E-state index in [0.717, 1.165) is 35.3 Å². The zero-order valence-corrected chi connectivity index (χ0v) is 20.6. The van der Waals surface area contributed by atoms with Gasteiger partial charge in [-0.1, -0.05) is 12.1 Å². The summed E-state index contributed by atoms with van der Waals surface area (Å²) in [7, 11) is 3.47. The van der Waals surface area contributed by atoms with Crippen molar-refractivity contribution in [3.63, 3.8) is 0 Å². The molecular weight excluding hydrogens is 456 g/mol. The molecule has 3 aliphatic rings. The van der Waals surface area contributed by atoms with Crippen molar-refractivity contribution < 1.29 is 18.9 Å². The highest BCUT2D eigenvalue weighted by atomic mass is 32.2. The van der Waals surface area contributed by atoms with Gasteiger partial charge in [-0.3, -0.25) is 14.5 Å². The summed E-state index contributed by atoms with van der Waals surface area (Å²) in [6.45, 7) is 3.66. The van der Waals surface area contributed by atoms with Gasteiger partial charge in [0, 0.05) is 44.7 Å². The Labute approximate surface area is 204 Å². The number of benzene rings is 1. The van der Waals surface area contributed by atoms with Crippen molar-refractivity contribution >= 4 is 23.9 Å². The summed E-state index contributed by atoms with van der Waals surface area (Å²) in [4.78, 5) is 37.4. The van der Waals surface area contributed by atoms with Crippen LogP contribution >= 0.6 is 12.0 Å². The van der Waals surface area contributed by atoms with Gasteiger partial charge in [0.25, 0.3) is 0 Å². The van der Waals surface area contributed by atoms with Gasteiger partial charge in [0.2, 0.25) is 11.8 Å². The van der Waals surface area contributed by atoms with Crippen LogP contribution in [0.5, 0.6) is 0 Å². The Bertz CT molecular complexity index is 938. The van der Waals surface area contributed by atoms with Crippen molar-refractivity contribution in [2.75, 3.05) is 33.7 Å². The van der Waals surface area contributed by atoms with Gasteiger partial charge in [0.15, 0.2) is 0 Å². The van der Waals surface area contributed by atoms with Gasteiger partial charge in [0.1, 0.15) is 6.04 Å². The summed E-state index contributed by atoms with van der Waals surface area (Å²) in [6.07, 6.45) is 2.27. The van der Waals surface area contributed by atoms with Gasteiger partial charge < -0.3 is 15.5 Å². The second-order valence-corrected chi connectivity index (χ2v) is 10.1. The van der Waals surface area contributed by atoms with E-state index in [0.29, 0.717) is 26.1 Å². The molecule has 5 atom stereocenters. The third-order valence-corrected chi connectivity index (χ3v) is 7.43. The van der Waals surface area contributed by atoms with E-state index in [2.05, 4.69) is 6.07 Å². The Morgan fingerprint density at radius 2 is 2.09 bits per heavy atom. The number of hydrogen-bond acceptors (Lipinski definition) is 9. The minimum absolute atomic E-state index is 0.0565. The summed E-state index contributed by atoms with van der Waals surface area (Å²) >= 11 is 1.12. The van der Waals surface area contributed by atoms with E-state index in [-0.39, 0.29) is 36.0 Å². The molecule has 3 saturated heterocycles. The standard InChI is InChI=1S/C23H32N6O4S/c1-15(16-6-8-19(9-7-16)34-33-32-26(2)3)29-18-11-21(23(29)31)27(13-18)14-20(25)22(30)28-10-4-5-17(28)12-24/h6-9,15,17-18,20-21H,4-5,10-11,13-14,25H2,1-3H3/t15-,17-,18+,20-,21+/m0/s1. The van der Waals surface area contributed by atoms with Crippen LogP contribution in [-0.4, -0.2) is 89.5 Å². The van der Waals surface area contributed by atoms with Crippen LogP contribution in [0.4, 0.5) is 0 Å². The van der Waals surface area contributed by atoms with Gasteiger partial charge in [-0.05, 0) is 43.9 Å². The highest BCUT2D eigenvalue weighted by Gasteiger charge is 2.51. The summed E-state index contributed by atoms with van der Waals surface area (Å²) < 4.78 is 5.06. The van der Waals surface area contributed by atoms with E-state index >= 15 is 0 Å². The molecule has 0 unspecified atom stereocenters. The maximum atomic E-state index is 13.2. The zero-order valence-electron chi connectivity index (χ0n) is 19.8. The van der Waals surface area contributed by atoms with E-state index in [4.69, 9.17) is 15.1 Å². The summed E-state index contributed by atoms with van der Waals surface area (Å²) in [5, 5.41) is 10.7. The van der Waals surface area contributed by atoms with Gasteiger partial charge in [-0.2, -0.15) is 10.3 Å². The first-order valence-corrected chi connectivity index (χ1v) is 12.3. The van der Waals surface area contributed by atoms with Crippen LogP contribution in [0.25, 0.3) is 0 Å². The number of hydrogen-bond donors (Lipinski definition) is 1. The number of hydroxylamine groups is 2. The molecule has 2 amide bonds. The monoisotopic (exact) mass is 488 g/mol. The smallest absolute Gasteiger partial charge is 0.241 e. The SMILES string of the molecule is C[C@@H](c1ccc(SOON(C)C)cc1)N1C(=O)[C@H]2C[C@@H]1CN2C[C@H](N)C(=O)N1CCC[C@H]1C#N. The van der Waals surface area contributed by atoms with Gasteiger partial charge >= 0.3 is 0 Å². The van der Waals surface area contributed by atoms with Gasteiger partial charge in [-0.25, -0.2) is 0 Å². The average Bonchev–Trinajstić information content (AvgIpc) is 3.53. The van der Waals surface area contributed by atoms with Crippen LogP contribution in [0.2, 0.25) is 0 Å². The van der Waals surface area contributed by atoms with Crippen LogP contribution < -0.4 is 5.73 Å². The molecule has 0 aliphatic carbocycles. The molecular formula is C23H32N6O4S. The molecule has 0 saturated carbocycles. The van der Waals surface area contributed by atoms with Gasteiger partial charge in [-0.15, -0.1) is 9.32 Å². The van der Waals surface area contributed by atoms with Crippen molar-refractivity contribution in [1.82, 2.24) is 19.8 Å². The first-order valence-electron chi connectivity index (χ1n) is 11.6. The second kappa shape index (κ2) is 10.6. The summed E-state index contributed by atoms with van der Waals surface area (Å²) in [6, 6.07) is 8.75. The number of rotatable bonds is 9. The number of nitriles is 1. The zero-order chi connectivity index (χ0) is 24.4. The average molecular weight is 489 g/mol. The van der Waals surface area contributed by atoms with Crippen LogP contribution in [0.3, 0.4) is 0 Å². The van der Waals surface area contributed by atoms with Crippen LogP contribution in [0.1, 0.15) is 37.8 Å². The molecule has 0 radical (unpaired) electrons. The predicted octanol–water partition coefficient (Wildman–Crippen LogP) is 1.31. The number of carbonyl (C=O) groups excluding carboxylic acids is 2. The third kappa shape index (κ3) is 5.07. The van der Waals surface area contributed by atoms with E-state index < -0.39 is 6.04 Å². The Balaban J connectivity index is 1.32. The van der Waals surface area contributed by atoms with E-state index in [1.807, 2.05) is 41.0 Å². The van der Waals surface area contributed by atoms with Crippen LogP contribution in [0, 0.1) is 11.3 Å². The second-order valence-electron chi connectivity index (χ2n) is 9.31. The number of piperazine rings is 1. The number of nitrogens with two attached hydrogens (primary N) is 1. The van der Waals surface area contributed by atoms with E-state index in [9.17, 15) is 14.9 Å². The van der Waals surface area contributed by atoms with Crippen molar-refractivity contribution in [3.8, 4) is 6.07 Å². The maximum absolute atomic E-state index is 13.2. The Hall–Kier alpha value is -2.20. The van der Waals surface area contributed by atoms with E-state index in [1.54, 1.807) is 19.0 Å². The number of fused-ring (bicyclic) bond motifs is 2. The fourth-order valence-electron chi connectivity index (χ4n) is 5.18. The highest BCUT2D eigenvalue weighted by molar-refractivity contribution is 7.94. The molecule has 2 N–H and O–H groups in total. The molecule has 4 rings (SSSR count). The lowest BCUT2D eigenvalue weighted by atomic mass is 10.1. The molecule has 1 aromatic rings. The van der Waals surface area contributed by atoms with Crippen molar-refractivity contribution in [3.05, 3.63) is 29.8 Å². The summed E-state index contributed by atoms with van der Waals surface area (Å²) in [5.74, 6) is -0.108. The quantitative estimate of drug-likeness (QED) is 0.312. The Kier molecular flexibility index (Phi) is 7.77. The Morgan fingerprint density at radius 3 is 2.74 bits per heavy atom. The molecule has 3 fully saturated rings. The largest absolute Gasteiger partial charge is 0.330 e. The highest BCUT2D eigenvalue weighted by Crippen LogP contribution is 2.38. The van der Waals surface area contributed by atoms with Crippen molar-refractivity contribution in [2.45, 2.75) is 61.3 Å². The summed E-state index contributed by atoms with van der Waals surface area (Å²) in [5.41, 5.74) is 7.28. The molecule has 3 heterocycles. The normalized spacial score (nSPS) is 26.4. The van der Waals surface area contributed by atoms with Gasteiger partial charge in [0.05, 0.1) is 36.2 Å². The first-order chi connectivity index (χ1) is 16.3. The fraction of sp³-hybridized carbons (Fsp3) is 0.609. The molecule has 0 aromatic heterocycles. The van der Waals surface area contributed by atoms with Crippen molar-refractivity contribution in [2.24, 2.45) is 5.73 Å². The number of nitrogens with zero attached hydrogens (tertiary/aromatic N) is 5. The molecule has 1 aromatic carbocycles. The lowest BCUT2D eigenvalue weighted by Crippen LogP contribution is -2.56. The molecule has 2 bridgehead atoms. The van der Waals surface area contributed by atoms with Crippen LogP contribution in [-0.2, 0) is 18.9 Å². The minimum atomic E-state index is -0.726. The molecule has 0 spiro atoms. The fourth-order valence-corrected chi connectivity index (χ4v) is 5.66. The first kappa shape index (κ1) is 24.9. The molecule has 3 aliphatic heterocycles. The lowest BCUT2D eigenvalue weighted by Gasteiger charge is -2.38. The third-order valence-electron chi connectivity index (χ3n) is 6.84. The predicted molar refractivity (Wildman–Crippen MR) is 126 cm³/mol. The maximum Gasteiger partial charge on any atom is 0.241 e. The molecule has 184 valence electrons. The number of likely N-dealkylation sites (tertiary alicyclic amines) is 3. The lowest BCUT2D eigenvalue weighted by molar-refractivity contribution is -0.340. The van der Waals surface area contributed by atoms with Crippen molar-refractivity contribution in [1.29, 1.82) is 5.26 Å². The number of carbonyl (C=O) groups is 2. The molecule has 10 nitrogen and oxygen atoms in total. The topological polar surface area (TPSA) is 115 Å².